The molecule has 3 heteroatoms. The summed E-state index contributed by atoms with van der Waals surface area (Å²) in [7, 11) is 0. The highest BCUT2D eigenvalue weighted by atomic mass is 16.5. The van der Waals surface area contributed by atoms with E-state index >= 15 is 0 Å². The van der Waals surface area contributed by atoms with Gasteiger partial charge in [0.2, 0.25) is 0 Å². The normalized spacial score (nSPS) is 14.3. The maximum Gasteiger partial charge on any atom is 0.122 e. The van der Waals surface area contributed by atoms with Crippen molar-refractivity contribution in [3.8, 4) is 5.75 Å². The summed E-state index contributed by atoms with van der Waals surface area (Å²) in [5.41, 5.74) is 8.35. The molecule has 1 aromatic rings. The van der Waals surface area contributed by atoms with Crippen LogP contribution < -0.4 is 15.8 Å². The molecular weight excluding hydrogens is 212 g/mol. The van der Waals surface area contributed by atoms with E-state index in [0.717, 1.165) is 38.3 Å². The predicted octanol–water partition coefficient (Wildman–Crippen LogP) is 2.41. The van der Waals surface area contributed by atoms with Crippen LogP contribution in [0.3, 0.4) is 0 Å². The molecule has 0 amide bonds. The molecule has 0 aliphatic carbocycles. The topological polar surface area (TPSA) is 47.3 Å². The Morgan fingerprint density at radius 2 is 2.24 bits per heavy atom. The van der Waals surface area contributed by atoms with Crippen molar-refractivity contribution in [2.24, 2.45) is 11.1 Å². The van der Waals surface area contributed by atoms with E-state index in [1.54, 1.807) is 0 Å². The molecule has 0 spiro atoms. The van der Waals surface area contributed by atoms with Crippen LogP contribution in [0.4, 0.5) is 5.69 Å². The van der Waals surface area contributed by atoms with Gasteiger partial charge in [-0.15, -0.1) is 0 Å². The molecule has 0 saturated heterocycles. The largest absolute Gasteiger partial charge is 0.493 e. The van der Waals surface area contributed by atoms with E-state index in [1.807, 2.05) is 0 Å². The van der Waals surface area contributed by atoms with Gasteiger partial charge in [0.15, 0.2) is 0 Å². The first-order valence-electron chi connectivity index (χ1n) is 6.30. The molecule has 3 nitrogen and oxygen atoms in total. The summed E-state index contributed by atoms with van der Waals surface area (Å²) in [4.78, 5) is 0. The molecule has 1 heterocycles. The van der Waals surface area contributed by atoms with Crippen molar-refractivity contribution in [3.63, 3.8) is 0 Å². The van der Waals surface area contributed by atoms with E-state index in [9.17, 15) is 0 Å². The molecular formula is C14H22N2O. The van der Waals surface area contributed by atoms with E-state index in [0.29, 0.717) is 0 Å². The summed E-state index contributed by atoms with van der Waals surface area (Å²) in [5, 5.41) is 3.49. The molecule has 0 bridgehead atoms. The van der Waals surface area contributed by atoms with Crippen molar-refractivity contribution >= 4 is 5.69 Å². The molecule has 0 radical (unpaired) electrons. The van der Waals surface area contributed by atoms with Crippen LogP contribution in [0.1, 0.15) is 25.8 Å². The van der Waals surface area contributed by atoms with E-state index in [4.69, 9.17) is 10.5 Å². The van der Waals surface area contributed by atoms with Crippen molar-refractivity contribution in [1.29, 1.82) is 0 Å². The molecule has 0 saturated carbocycles. The van der Waals surface area contributed by atoms with Gasteiger partial charge < -0.3 is 15.8 Å². The number of anilines is 1. The lowest BCUT2D eigenvalue weighted by Crippen LogP contribution is -2.26. The second-order valence-corrected chi connectivity index (χ2v) is 5.48. The van der Waals surface area contributed by atoms with E-state index in [2.05, 4.69) is 37.4 Å². The van der Waals surface area contributed by atoms with Crippen LogP contribution in [-0.4, -0.2) is 19.7 Å². The Morgan fingerprint density at radius 1 is 1.41 bits per heavy atom. The highest BCUT2D eigenvalue weighted by Crippen LogP contribution is 2.28. The average Bonchev–Trinajstić information content (AvgIpc) is 2.73. The van der Waals surface area contributed by atoms with E-state index < -0.39 is 0 Å². The first-order chi connectivity index (χ1) is 8.11. The monoisotopic (exact) mass is 234 g/mol. The highest BCUT2D eigenvalue weighted by molar-refractivity contribution is 5.52. The Morgan fingerprint density at radius 3 is 3.00 bits per heavy atom. The minimum Gasteiger partial charge on any atom is -0.493 e. The summed E-state index contributed by atoms with van der Waals surface area (Å²) < 4.78 is 5.49. The zero-order valence-electron chi connectivity index (χ0n) is 10.8. The third-order valence-corrected chi connectivity index (χ3v) is 3.28. The van der Waals surface area contributed by atoms with Gasteiger partial charge in [-0.05, 0) is 42.1 Å². The lowest BCUT2D eigenvalue weighted by atomic mass is 9.89. The third-order valence-electron chi connectivity index (χ3n) is 3.28. The minimum atomic E-state index is 0.240. The van der Waals surface area contributed by atoms with Crippen molar-refractivity contribution in [1.82, 2.24) is 0 Å². The van der Waals surface area contributed by atoms with Gasteiger partial charge in [0.25, 0.3) is 0 Å². The quantitative estimate of drug-likeness (QED) is 0.822. The van der Waals surface area contributed by atoms with Crippen LogP contribution in [0.15, 0.2) is 18.2 Å². The summed E-state index contributed by atoms with van der Waals surface area (Å²) in [6.07, 6.45) is 2.06. The van der Waals surface area contributed by atoms with Gasteiger partial charge >= 0.3 is 0 Å². The van der Waals surface area contributed by atoms with Crippen LogP contribution in [0.5, 0.6) is 5.75 Å². The Kier molecular flexibility index (Phi) is 3.57. The first kappa shape index (κ1) is 12.2. The number of benzene rings is 1. The second kappa shape index (κ2) is 4.96. The minimum absolute atomic E-state index is 0.240. The van der Waals surface area contributed by atoms with Crippen LogP contribution in [0, 0.1) is 5.41 Å². The van der Waals surface area contributed by atoms with Crippen molar-refractivity contribution in [2.75, 3.05) is 25.0 Å². The van der Waals surface area contributed by atoms with E-state index in [1.165, 1.54) is 11.3 Å². The summed E-state index contributed by atoms with van der Waals surface area (Å²) in [6, 6.07) is 6.34. The molecule has 0 atom stereocenters. The van der Waals surface area contributed by atoms with Gasteiger partial charge in [-0.3, -0.25) is 0 Å². The molecule has 1 aliphatic heterocycles. The molecule has 0 fully saturated rings. The van der Waals surface area contributed by atoms with Crippen molar-refractivity contribution < 1.29 is 4.74 Å². The van der Waals surface area contributed by atoms with Crippen LogP contribution in [-0.2, 0) is 6.42 Å². The second-order valence-electron chi connectivity index (χ2n) is 5.48. The molecule has 17 heavy (non-hydrogen) atoms. The lowest BCUT2D eigenvalue weighted by Gasteiger charge is -2.24. The number of fused-ring (bicyclic) bond motifs is 1. The molecule has 1 aromatic carbocycles. The number of ether oxygens (including phenoxy) is 1. The van der Waals surface area contributed by atoms with Gasteiger partial charge in [-0.2, -0.15) is 0 Å². The fraction of sp³-hybridized carbons (Fsp3) is 0.571. The van der Waals surface area contributed by atoms with Gasteiger partial charge in [0, 0.05) is 18.7 Å². The average molecular weight is 234 g/mol. The fourth-order valence-electron chi connectivity index (χ4n) is 2.12. The SMILES string of the molecule is CC(C)(CCN)CNc1ccc2c(c1)CCO2. The predicted molar refractivity (Wildman–Crippen MR) is 71.6 cm³/mol. The number of hydrogen-bond acceptors (Lipinski definition) is 3. The molecule has 0 aromatic heterocycles. The van der Waals surface area contributed by atoms with Crippen LogP contribution in [0.25, 0.3) is 0 Å². The number of nitrogens with two attached hydrogens (primary N) is 1. The van der Waals surface area contributed by atoms with Crippen LogP contribution >= 0.6 is 0 Å². The maximum absolute atomic E-state index is 5.61. The van der Waals surface area contributed by atoms with Gasteiger partial charge in [-0.1, -0.05) is 13.8 Å². The number of hydrogen-bond donors (Lipinski definition) is 2. The Hall–Kier alpha value is -1.22. The lowest BCUT2D eigenvalue weighted by molar-refractivity contribution is 0.357. The van der Waals surface area contributed by atoms with Crippen molar-refractivity contribution in [3.05, 3.63) is 23.8 Å². The van der Waals surface area contributed by atoms with E-state index in [-0.39, 0.29) is 5.41 Å². The van der Waals surface area contributed by atoms with Gasteiger partial charge in [0.1, 0.15) is 5.75 Å². The molecule has 94 valence electrons. The summed E-state index contributed by atoms with van der Waals surface area (Å²) in [5.74, 6) is 1.04. The first-order valence-corrected chi connectivity index (χ1v) is 6.30. The Balaban J connectivity index is 1.95. The molecule has 1 aliphatic rings. The Bertz CT molecular complexity index is 388. The van der Waals surface area contributed by atoms with Gasteiger partial charge in [-0.25, -0.2) is 0 Å². The maximum atomic E-state index is 5.61. The standard InChI is InChI=1S/C14H22N2O/c1-14(2,6-7-15)10-16-12-3-4-13-11(9-12)5-8-17-13/h3-4,9,16H,5-8,10,15H2,1-2H3. The fourth-order valence-corrected chi connectivity index (χ4v) is 2.12. The summed E-state index contributed by atoms with van der Waals surface area (Å²) in [6.45, 7) is 6.99. The smallest absolute Gasteiger partial charge is 0.122 e. The molecule has 0 unspecified atom stereocenters. The van der Waals surface area contributed by atoms with Crippen molar-refractivity contribution in [2.45, 2.75) is 26.7 Å². The molecule has 2 rings (SSSR count). The zero-order valence-corrected chi connectivity index (χ0v) is 10.8. The van der Waals surface area contributed by atoms with Gasteiger partial charge in [0.05, 0.1) is 6.61 Å². The zero-order chi connectivity index (χ0) is 12.3. The number of nitrogens with one attached hydrogen (secondary N) is 1. The number of rotatable bonds is 5. The van der Waals surface area contributed by atoms with Crippen LogP contribution in [0.2, 0.25) is 0 Å². The third kappa shape index (κ3) is 3.13. The summed E-state index contributed by atoms with van der Waals surface area (Å²) >= 11 is 0. The highest BCUT2D eigenvalue weighted by Gasteiger charge is 2.17. The molecule has 3 N–H and O–H groups in total. The Labute approximate surface area is 103 Å².